The molecule has 1 N–H and O–H groups in total. The average molecular weight is 482 g/mol. The Morgan fingerprint density at radius 3 is 2.56 bits per heavy atom. The summed E-state index contributed by atoms with van der Waals surface area (Å²) >= 11 is 13.7. The van der Waals surface area contributed by atoms with Gasteiger partial charge in [-0.25, -0.2) is 9.67 Å². The fourth-order valence-electron chi connectivity index (χ4n) is 3.61. The number of hydrogen-bond donors (Lipinski definition) is 1. The smallest absolute Gasteiger partial charge is 0.283 e. The van der Waals surface area contributed by atoms with Crippen molar-refractivity contribution in [1.82, 2.24) is 24.5 Å². The van der Waals surface area contributed by atoms with Gasteiger partial charge in [-0.2, -0.15) is 9.78 Å². The van der Waals surface area contributed by atoms with E-state index in [4.69, 9.17) is 23.2 Å². The molecule has 0 unspecified atom stereocenters. The molecular weight excluding hydrogens is 465 g/mol. The van der Waals surface area contributed by atoms with Crippen LogP contribution in [0.25, 0.3) is 33.3 Å². The Morgan fingerprint density at radius 1 is 1.03 bits per heavy atom. The number of hydrogen-bond acceptors (Lipinski definition) is 4. The first-order valence-electron chi connectivity index (χ1n) is 9.78. The van der Waals surface area contributed by atoms with Gasteiger partial charge in [0.25, 0.3) is 5.56 Å². The van der Waals surface area contributed by atoms with Crippen molar-refractivity contribution in [3.63, 3.8) is 0 Å². The van der Waals surface area contributed by atoms with Gasteiger partial charge in [0, 0.05) is 21.7 Å². The largest absolute Gasteiger partial charge is 0.293 e. The van der Waals surface area contributed by atoms with Crippen LogP contribution >= 0.6 is 34.5 Å². The summed E-state index contributed by atoms with van der Waals surface area (Å²) in [6, 6.07) is 16.9. The minimum Gasteiger partial charge on any atom is -0.293 e. The number of nitrogens with zero attached hydrogens (tertiary/aromatic N) is 4. The molecule has 0 bridgehead atoms. The van der Waals surface area contributed by atoms with Crippen molar-refractivity contribution in [3.05, 3.63) is 91.8 Å². The quantitative estimate of drug-likeness (QED) is 0.338. The van der Waals surface area contributed by atoms with Crippen LogP contribution in [0.3, 0.4) is 0 Å². The normalized spacial score (nSPS) is 11.2. The van der Waals surface area contributed by atoms with Crippen molar-refractivity contribution in [2.75, 3.05) is 0 Å². The molecule has 3 aromatic heterocycles. The average Bonchev–Trinajstić information content (AvgIpc) is 3.46. The molecule has 3 heterocycles. The number of nitrogens with one attached hydrogen (secondary N) is 1. The van der Waals surface area contributed by atoms with Crippen LogP contribution in [0.5, 0.6) is 0 Å². The van der Waals surface area contributed by atoms with Crippen molar-refractivity contribution in [1.29, 1.82) is 0 Å². The zero-order chi connectivity index (χ0) is 22.4. The SMILES string of the molecule is Cc1cc(-c2c(C)[nH]n(-c3nc(-c4ccc(Cl)cc4Cl)cs3)c2=O)n(-c2ccccc2)n1. The summed E-state index contributed by atoms with van der Waals surface area (Å²) in [5.41, 5.74) is 4.96. The number of aryl methyl sites for hydroxylation is 2. The van der Waals surface area contributed by atoms with Crippen molar-refractivity contribution < 1.29 is 0 Å². The van der Waals surface area contributed by atoms with E-state index in [1.165, 1.54) is 16.0 Å². The monoisotopic (exact) mass is 481 g/mol. The third-order valence-electron chi connectivity index (χ3n) is 5.05. The molecule has 160 valence electrons. The Morgan fingerprint density at radius 2 is 1.81 bits per heavy atom. The minimum absolute atomic E-state index is 0.192. The Bertz CT molecular complexity index is 1500. The van der Waals surface area contributed by atoms with Crippen molar-refractivity contribution in [2.45, 2.75) is 13.8 Å². The summed E-state index contributed by atoms with van der Waals surface area (Å²) in [5, 5.41) is 11.2. The molecule has 0 aliphatic heterocycles. The summed E-state index contributed by atoms with van der Waals surface area (Å²) in [6.45, 7) is 3.78. The van der Waals surface area contributed by atoms with Crippen molar-refractivity contribution in [3.8, 4) is 33.3 Å². The molecule has 0 atom stereocenters. The van der Waals surface area contributed by atoms with Gasteiger partial charge in [0.05, 0.1) is 33.4 Å². The molecule has 5 aromatic rings. The predicted molar refractivity (Wildman–Crippen MR) is 130 cm³/mol. The zero-order valence-electron chi connectivity index (χ0n) is 17.1. The number of para-hydroxylation sites is 1. The lowest BCUT2D eigenvalue weighted by molar-refractivity contribution is 0.827. The molecule has 0 saturated carbocycles. The Labute approximate surface area is 197 Å². The highest BCUT2D eigenvalue weighted by molar-refractivity contribution is 7.12. The topological polar surface area (TPSA) is 68.5 Å². The highest BCUT2D eigenvalue weighted by Gasteiger charge is 2.21. The van der Waals surface area contributed by atoms with E-state index in [0.717, 1.165) is 28.3 Å². The number of halogens is 2. The number of H-pyrrole nitrogens is 1. The molecular formula is C23H17Cl2N5OS. The van der Waals surface area contributed by atoms with Crippen molar-refractivity contribution in [2.24, 2.45) is 0 Å². The van der Waals surface area contributed by atoms with E-state index in [9.17, 15) is 4.79 Å². The molecule has 0 fully saturated rings. The first-order chi connectivity index (χ1) is 15.4. The lowest BCUT2D eigenvalue weighted by Crippen LogP contribution is -2.16. The van der Waals surface area contributed by atoms with Crippen LogP contribution < -0.4 is 5.56 Å². The Kier molecular flexibility index (Phi) is 5.25. The van der Waals surface area contributed by atoms with Gasteiger partial charge in [-0.15, -0.1) is 11.3 Å². The van der Waals surface area contributed by atoms with Crippen LogP contribution in [0.4, 0.5) is 0 Å². The maximum absolute atomic E-state index is 13.5. The fourth-order valence-corrected chi connectivity index (χ4v) is 4.90. The molecule has 0 saturated heterocycles. The molecule has 32 heavy (non-hydrogen) atoms. The van der Waals surface area contributed by atoms with E-state index in [0.29, 0.717) is 26.4 Å². The first-order valence-corrected chi connectivity index (χ1v) is 11.4. The van der Waals surface area contributed by atoms with E-state index < -0.39 is 0 Å². The van der Waals surface area contributed by atoms with Gasteiger partial charge in [-0.05, 0) is 50.2 Å². The third kappa shape index (κ3) is 3.58. The number of thiazole rings is 1. The molecule has 0 radical (unpaired) electrons. The van der Waals surface area contributed by atoms with Crippen LogP contribution in [0.1, 0.15) is 11.4 Å². The first kappa shape index (κ1) is 20.8. The molecule has 0 aliphatic carbocycles. The summed E-state index contributed by atoms with van der Waals surface area (Å²) in [5.74, 6) is 0. The highest BCUT2D eigenvalue weighted by Crippen LogP contribution is 2.32. The lowest BCUT2D eigenvalue weighted by Gasteiger charge is -2.05. The summed E-state index contributed by atoms with van der Waals surface area (Å²) in [4.78, 5) is 18.1. The number of rotatable bonds is 4. The van der Waals surface area contributed by atoms with E-state index in [-0.39, 0.29) is 5.56 Å². The molecule has 0 aliphatic rings. The minimum atomic E-state index is -0.192. The second-order valence-electron chi connectivity index (χ2n) is 7.31. The lowest BCUT2D eigenvalue weighted by atomic mass is 10.1. The Hall–Kier alpha value is -3.13. The predicted octanol–water partition coefficient (Wildman–Crippen LogP) is 6.07. The molecule has 9 heteroatoms. The van der Waals surface area contributed by atoms with Gasteiger partial charge in [0.2, 0.25) is 5.13 Å². The standard InChI is InChI=1S/C23H17Cl2N5OS/c1-13-10-20(29(27-13)16-6-4-3-5-7-16)21-14(2)28-30(22(21)31)23-26-19(12-32-23)17-9-8-15(24)11-18(17)25/h3-12,28H,1-2H3. The van der Waals surface area contributed by atoms with Crippen LogP contribution in [-0.2, 0) is 0 Å². The van der Waals surface area contributed by atoms with Gasteiger partial charge >= 0.3 is 0 Å². The summed E-state index contributed by atoms with van der Waals surface area (Å²) in [7, 11) is 0. The van der Waals surface area contributed by atoms with E-state index in [1.54, 1.807) is 16.8 Å². The Balaban J connectivity index is 1.60. The van der Waals surface area contributed by atoms with Gasteiger partial charge in [-0.1, -0.05) is 41.4 Å². The zero-order valence-corrected chi connectivity index (χ0v) is 19.5. The summed E-state index contributed by atoms with van der Waals surface area (Å²) < 4.78 is 3.25. The van der Waals surface area contributed by atoms with Crippen LogP contribution in [0.15, 0.2) is 64.8 Å². The van der Waals surface area contributed by atoms with Gasteiger partial charge in [0.1, 0.15) is 0 Å². The van der Waals surface area contributed by atoms with Gasteiger partial charge in [0.15, 0.2) is 0 Å². The second kappa shape index (κ2) is 8.09. The third-order valence-corrected chi connectivity index (χ3v) is 6.42. The highest BCUT2D eigenvalue weighted by atomic mass is 35.5. The molecule has 0 spiro atoms. The molecule has 6 nitrogen and oxygen atoms in total. The summed E-state index contributed by atoms with van der Waals surface area (Å²) in [6.07, 6.45) is 0. The molecule has 2 aromatic carbocycles. The van der Waals surface area contributed by atoms with E-state index >= 15 is 0 Å². The number of benzene rings is 2. The van der Waals surface area contributed by atoms with Crippen LogP contribution in [0.2, 0.25) is 10.0 Å². The molecule has 5 rings (SSSR count). The fraction of sp³-hybridized carbons (Fsp3) is 0.0870. The van der Waals surface area contributed by atoms with Crippen LogP contribution in [0, 0.1) is 13.8 Å². The van der Waals surface area contributed by atoms with E-state index in [1.807, 2.05) is 61.7 Å². The van der Waals surface area contributed by atoms with E-state index in [2.05, 4.69) is 15.2 Å². The van der Waals surface area contributed by atoms with Gasteiger partial charge < -0.3 is 0 Å². The van der Waals surface area contributed by atoms with Crippen molar-refractivity contribution >= 4 is 34.5 Å². The van der Waals surface area contributed by atoms with Gasteiger partial charge in [-0.3, -0.25) is 9.89 Å². The number of aromatic amines is 1. The maximum Gasteiger partial charge on any atom is 0.283 e. The second-order valence-corrected chi connectivity index (χ2v) is 8.99. The maximum atomic E-state index is 13.5. The van der Waals surface area contributed by atoms with Crippen LogP contribution in [-0.4, -0.2) is 24.5 Å². The molecule has 0 amide bonds. The number of aromatic nitrogens is 5.